The summed E-state index contributed by atoms with van der Waals surface area (Å²) < 4.78 is 16.4. The second-order valence-corrected chi connectivity index (χ2v) is 6.56. The zero-order valence-corrected chi connectivity index (χ0v) is 16.8. The number of halogens is 1. The van der Waals surface area contributed by atoms with Gasteiger partial charge in [0.2, 0.25) is 5.91 Å². The number of amides is 1. The predicted octanol–water partition coefficient (Wildman–Crippen LogP) is 4.22. The fourth-order valence-corrected chi connectivity index (χ4v) is 2.86. The lowest BCUT2D eigenvalue weighted by molar-refractivity contribution is -0.129. The quantitative estimate of drug-likeness (QED) is 0.569. The third-order valence-electron chi connectivity index (χ3n) is 4.24. The smallest absolute Gasteiger partial charge is 0.222 e. The van der Waals surface area contributed by atoms with E-state index < -0.39 is 0 Å². The number of nitrogens with zero attached hydrogens (tertiary/aromatic N) is 1. The maximum atomic E-state index is 12.4. The van der Waals surface area contributed by atoms with Crippen LogP contribution in [-0.2, 0) is 11.2 Å². The maximum Gasteiger partial charge on any atom is 0.222 e. The Morgan fingerprint density at radius 1 is 1.07 bits per heavy atom. The molecule has 6 heteroatoms. The highest BCUT2D eigenvalue weighted by atomic mass is 35.5. The van der Waals surface area contributed by atoms with Crippen molar-refractivity contribution in [3.05, 3.63) is 53.1 Å². The first-order chi connectivity index (χ1) is 13.0. The van der Waals surface area contributed by atoms with Crippen LogP contribution in [0.4, 0.5) is 0 Å². The lowest BCUT2D eigenvalue weighted by Gasteiger charge is -2.18. The number of ether oxygens (including phenoxy) is 3. The van der Waals surface area contributed by atoms with E-state index in [1.807, 2.05) is 37.4 Å². The summed E-state index contributed by atoms with van der Waals surface area (Å²) in [4.78, 5) is 14.1. The third-order valence-corrected chi connectivity index (χ3v) is 4.49. The van der Waals surface area contributed by atoms with Gasteiger partial charge in [-0.2, -0.15) is 0 Å². The van der Waals surface area contributed by atoms with Crippen LogP contribution in [-0.4, -0.2) is 45.2 Å². The summed E-state index contributed by atoms with van der Waals surface area (Å²) in [6, 6.07) is 12.9. The van der Waals surface area contributed by atoms with Crippen LogP contribution in [0.25, 0.3) is 0 Å². The normalized spacial score (nSPS) is 10.4. The summed E-state index contributed by atoms with van der Waals surface area (Å²) in [6.07, 6.45) is 1.77. The molecule has 0 aliphatic rings. The van der Waals surface area contributed by atoms with Gasteiger partial charge in [0.1, 0.15) is 5.75 Å². The number of carbonyl (C=O) groups is 1. The van der Waals surface area contributed by atoms with E-state index in [-0.39, 0.29) is 5.91 Å². The fourth-order valence-electron chi connectivity index (χ4n) is 2.73. The Morgan fingerprint density at radius 3 is 2.48 bits per heavy atom. The third kappa shape index (κ3) is 6.36. The lowest BCUT2D eigenvalue weighted by atomic mass is 10.1. The molecular formula is C21H26ClNO4. The Morgan fingerprint density at radius 2 is 1.81 bits per heavy atom. The van der Waals surface area contributed by atoms with Crippen LogP contribution in [0, 0.1) is 0 Å². The van der Waals surface area contributed by atoms with Gasteiger partial charge in [-0.1, -0.05) is 23.7 Å². The Labute approximate surface area is 165 Å². The lowest BCUT2D eigenvalue weighted by Crippen LogP contribution is -2.28. The first-order valence-corrected chi connectivity index (χ1v) is 9.25. The van der Waals surface area contributed by atoms with Crippen LogP contribution in [0.5, 0.6) is 17.2 Å². The molecule has 2 rings (SSSR count). The molecule has 0 heterocycles. The molecule has 0 bridgehead atoms. The monoisotopic (exact) mass is 391 g/mol. The highest BCUT2D eigenvalue weighted by Gasteiger charge is 2.13. The summed E-state index contributed by atoms with van der Waals surface area (Å²) in [6.45, 7) is 1.19. The zero-order valence-electron chi connectivity index (χ0n) is 16.0. The molecule has 0 atom stereocenters. The summed E-state index contributed by atoms with van der Waals surface area (Å²) in [7, 11) is 5.02. The molecule has 146 valence electrons. The molecule has 0 radical (unpaired) electrons. The first-order valence-electron chi connectivity index (χ1n) is 8.87. The minimum absolute atomic E-state index is 0.0892. The Hall–Kier alpha value is -2.40. The average molecular weight is 392 g/mol. The van der Waals surface area contributed by atoms with Gasteiger partial charge >= 0.3 is 0 Å². The average Bonchev–Trinajstić information content (AvgIpc) is 2.69. The molecule has 0 saturated heterocycles. The van der Waals surface area contributed by atoms with Gasteiger partial charge in [0.05, 0.1) is 20.8 Å². The molecule has 0 aromatic heterocycles. The van der Waals surface area contributed by atoms with Gasteiger partial charge in [-0.3, -0.25) is 4.79 Å². The first kappa shape index (κ1) is 20.9. The van der Waals surface area contributed by atoms with Crippen LogP contribution >= 0.6 is 11.6 Å². The van der Waals surface area contributed by atoms with Crippen molar-refractivity contribution in [1.82, 2.24) is 4.90 Å². The fraction of sp³-hybridized carbons (Fsp3) is 0.381. The van der Waals surface area contributed by atoms with Crippen molar-refractivity contribution in [2.45, 2.75) is 19.3 Å². The molecule has 0 fully saturated rings. The maximum absolute atomic E-state index is 12.4. The summed E-state index contributed by atoms with van der Waals surface area (Å²) in [5.41, 5.74) is 0.963. The van der Waals surface area contributed by atoms with Crippen LogP contribution in [0.1, 0.15) is 18.4 Å². The molecule has 5 nitrogen and oxygen atoms in total. The molecule has 2 aromatic rings. The molecular weight excluding hydrogens is 366 g/mol. The van der Waals surface area contributed by atoms with Gasteiger partial charge in [-0.25, -0.2) is 0 Å². The molecule has 0 aliphatic heterocycles. The number of aryl methyl sites for hydroxylation is 1. The molecule has 0 saturated carbocycles. The minimum atomic E-state index is 0.0892. The van der Waals surface area contributed by atoms with Gasteiger partial charge in [0.15, 0.2) is 11.5 Å². The molecule has 0 unspecified atom stereocenters. The van der Waals surface area contributed by atoms with E-state index in [4.69, 9.17) is 25.8 Å². The number of hydrogen-bond donors (Lipinski definition) is 0. The van der Waals surface area contributed by atoms with Crippen LogP contribution in [0.2, 0.25) is 5.02 Å². The Bertz CT molecular complexity index is 733. The molecule has 0 N–H and O–H groups in total. The van der Waals surface area contributed by atoms with Gasteiger partial charge in [0.25, 0.3) is 0 Å². The number of rotatable bonds is 10. The number of methoxy groups -OCH3 is 2. The second-order valence-electron chi connectivity index (χ2n) is 6.12. The second kappa shape index (κ2) is 10.7. The molecule has 1 amide bonds. The van der Waals surface area contributed by atoms with E-state index in [0.717, 1.165) is 17.7 Å². The van der Waals surface area contributed by atoms with Gasteiger partial charge < -0.3 is 19.1 Å². The standard InChI is InChI=1S/C21H26ClNO4/c1-23(14-5-15-27-18-11-9-17(22)10-12-18)20(24)13-8-16-6-4-7-19(25-2)21(16)26-3/h4,6-7,9-12H,5,8,13-15H2,1-3H3. The summed E-state index contributed by atoms with van der Waals surface area (Å²) in [5, 5.41) is 0.681. The number of carbonyl (C=O) groups excluding carboxylic acids is 1. The molecule has 27 heavy (non-hydrogen) atoms. The minimum Gasteiger partial charge on any atom is -0.494 e. The van der Waals surface area contributed by atoms with Gasteiger partial charge in [0, 0.05) is 25.0 Å². The number of para-hydroxylation sites is 1. The van der Waals surface area contributed by atoms with E-state index in [9.17, 15) is 4.79 Å². The topological polar surface area (TPSA) is 48.0 Å². The number of hydrogen-bond acceptors (Lipinski definition) is 4. The highest BCUT2D eigenvalue weighted by molar-refractivity contribution is 6.30. The van der Waals surface area contributed by atoms with Crippen molar-refractivity contribution < 1.29 is 19.0 Å². The zero-order chi connectivity index (χ0) is 19.6. The van der Waals surface area contributed by atoms with Crippen LogP contribution < -0.4 is 14.2 Å². The van der Waals surface area contributed by atoms with Gasteiger partial charge in [-0.05, 0) is 48.7 Å². The van der Waals surface area contributed by atoms with E-state index >= 15 is 0 Å². The number of benzene rings is 2. The van der Waals surface area contributed by atoms with E-state index in [1.165, 1.54) is 0 Å². The van der Waals surface area contributed by atoms with E-state index in [1.54, 1.807) is 31.3 Å². The van der Waals surface area contributed by atoms with Gasteiger partial charge in [-0.15, -0.1) is 0 Å². The van der Waals surface area contributed by atoms with E-state index in [2.05, 4.69) is 0 Å². The van der Waals surface area contributed by atoms with Crippen LogP contribution in [0.15, 0.2) is 42.5 Å². The SMILES string of the molecule is COc1cccc(CCC(=O)N(C)CCCOc2ccc(Cl)cc2)c1OC. The van der Waals surface area contributed by atoms with Crippen molar-refractivity contribution in [2.75, 3.05) is 34.4 Å². The van der Waals surface area contributed by atoms with Crippen LogP contribution in [0.3, 0.4) is 0 Å². The summed E-state index contributed by atoms with van der Waals surface area (Å²) >= 11 is 5.84. The highest BCUT2D eigenvalue weighted by Crippen LogP contribution is 2.31. The summed E-state index contributed by atoms with van der Waals surface area (Å²) in [5.74, 6) is 2.23. The van der Waals surface area contributed by atoms with Crippen molar-refractivity contribution in [3.8, 4) is 17.2 Å². The Kier molecular flexibility index (Phi) is 8.27. The van der Waals surface area contributed by atoms with E-state index in [0.29, 0.717) is 42.5 Å². The van der Waals surface area contributed by atoms with Crippen molar-refractivity contribution in [3.63, 3.8) is 0 Å². The molecule has 2 aromatic carbocycles. The van der Waals surface area contributed by atoms with Crippen molar-refractivity contribution in [2.24, 2.45) is 0 Å². The Balaban J connectivity index is 1.75. The molecule has 0 aliphatic carbocycles. The predicted molar refractivity (Wildman–Crippen MR) is 107 cm³/mol. The molecule has 0 spiro atoms. The van der Waals surface area contributed by atoms with Crippen molar-refractivity contribution >= 4 is 17.5 Å². The largest absolute Gasteiger partial charge is 0.494 e. The van der Waals surface area contributed by atoms with Crippen molar-refractivity contribution in [1.29, 1.82) is 0 Å².